The first-order valence-corrected chi connectivity index (χ1v) is 12.4. The highest BCUT2D eigenvalue weighted by atomic mass is 16.8. The highest BCUT2D eigenvalue weighted by Crippen LogP contribution is 2.26. The number of ether oxygens (including phenoxy) is 2. The van der Waals surface area contributed by atoms with Crippen molar-refractivity contribution in [2.24, 2.45) is 5.92 Å². The van der Waals surface area contributed by atoms with Crippen LogP contribution in [0.25, 0.3) is 10.8 Å². The van der Waals surface area contributed by atoms with Crippen molar-refractivity contribution >= 4 is 22.8 Å². The summed E-state index contributed by atoms with van der Waals surface area (Å²) < 4.78 is 9.77. The van der Waals surface area contributed by atoms with Gasteiger partial charge in [0.2, 0.25) is 0 Å². The average molecular weight is 474 g/mol. The van der Waals surface area contributed by atoms with E-state index >= 15 is 0 Å². The molecule has 2 fully saturated rings. The van der Waals surface area contributed by atoms with Crippen molar-refractivity contribution in [1.82, 2.24) is 15.2 Å². The first-order chi connectivity index (χ1) is 17.1. The van der Waals surface area contributed by atoms with Crippen molar-refractivity contribution in [2.75, 3.05) is 26.2 Å². The van der Waals surface area contributed by atoms with Crippen LogP contribution < -0.4 is 5.32 Å². The number of carbonyl (C=O) groups is 2. The molecule has 0 saturated carbocycles. The lowest BCUT2D eigenvalue weighted by molar-refractivity contribution is 0.0943. The number of rotatable bonds is 8. The molecule has 1 aromatic heterocycles. The summed E-state index contributed by atoms with van der Waals surface area (Å²) in [7, 11) is 0. The number of nitrogens with zero attached hydrogens (tertiary/aromatic N) is 2. The number of aromatic nitrogens is 1. The van der Waals surface area contributed by atoms with Crippen LogP contribution in [0.15, 0.2) is 60.9 Å². The fourth-order valence-electron chi connectivity index (χ4n) is 5.17. The maximum atomic E-state index is 12.6. The number of carbonyl (C=O) groups excluding carboxylic acids is 2. The Labute approximate surface area is 205 Å². The van der Waals surface area contributed by atoms with Crippen molar-refractivity contribution in [3.63, 3.8) is 0 Å². The van der Waals surface area contributed by atoms with E-state index in [0.717, 1.165) is 31.6 Å². The van der Waals surface area contributed by atoms with Crippen LogP contribution in [0.1, 0.15) is 40.7 Å². The Morgan fingerprint density at radius 1 is 1.17 bits per heavy atom. The van der Waals surface area contributed by atoms with Gasteiger partial charge in [-0.05, 0) is 66.4 Å². The van der Waals surface area contributed by atoms with Gasteiger partial charge in [0.25, 0.3) is 5.91 Å². The Bertz CT molecular complexity index is 1190. The molecule has 3 aromatic rings. The zero-order valence-corrected chi connectivity index (χ0v) is 19.8. The molecule has 7 nitrogen and oxygen atoms in total. The zero-order chi connectivity index (χ0) is 24.0. The van der Waals surface area contributed by atoms with Crippen LogP contribution in [0.2, 0.25) is 0 Å². The van der Waals surface area contributed by atoms with E-state index in [0.29, 0.717) is 24.4 Å². The minimum atomic E-state index is -0.636. The first-order valence-electron chi connectivity index (χ1n) is 12.4. The van der Waals surface area contributed by atoms with E-state index in [2.05, 4.69) is 45.5 Å². The third kappa shape index (κ3) is 5.98. The number of hydrogen-bond donors (Lipinski definition) is 1. The molecule has 1 N–H and O–H groups in total. The molecule has 2 saturated heterocycles. The molecule has 0 radical (unpaired) electrons. The van der Waals surface area contributed by atoms with E-state index in [1.807, 2.05) is 30.6 Å². The van der Waals surface area contributed by atoms with Gasteiger partial charge in [0.1, 0.15) is 12.7 Å². The molecule has 1 amide bonds. The minimum absolute atomic E-state index is 0.112. The molecule has 182 valence electrons. The lowest BCUT2D eigenvalue weighted by atomic mass is 9.89. The van der Waals surface area contributed by atoms with Gasteiger partial charge in [0, 0.05) is 49.4 Å². The summed E-state index contributed by atoms with van der Waals surface area (Å²) in [5, 5.41) is 5.42. The molecule has 0 bridgehead atoms. The van der Waals surface area contributed by atoms with Crippen LogP contribution >= 0.6 is 0 Å². The zero-order valence-electron chi connectivity index (χ0n) is 19.8. The van der Waals surface area contributed by atoms with Gasteiger partial charge in [0.15, 0.2) is 0 Å². The number of likely N-dealkylation sites (tertiary alicyclic amines) is 1. The monoisotopic (exact) mass is 473 g/mol. The van der Waals surface area contributed by atoms with Gasteiger partial charge in [-0.3, -0.25) is 14.7 Å². The molecule has 2 aliphatic rings. The molecular formula is C28H31N3O4. The molecule has 0 spiro atoms. The summed E-state index contributed by atoms with van der Waals surface area (Å²) in [5.41, 5.74) is 3.20. The predicted molar refractivity (Wildman–Crippen MR) is 133 cm³/mol. The molecule has 2 aliphatic heterocycles. The maximum Gasteiger partial charge on any atom is 0.508 e. The summed E-state index contributed by atoms with van der Waals surface area (Å²) in [6, 6.07) is 16.5. The molecule has 2 atom stereocenters. The Kier molecular flexibility index (Phi) is 7.23. The van der Waals surface area contributed by atoms with Gasteiger partial charge < -0.3 is 14.8 Å². The van der Waals surface area contributed by atoms with Crippen LogP contribution in [-0.4, -0.2) is 54.3 Å². The lowest BCUT2D eigenvalue weighted by Crippen LogP contribution is -2.35. The SMILES string of the molecule is O=C1OCC(CCNC(=O)c2cccc(CN3CCCC(Cc4cccc5cnccc45)C3)c2)O1. The number of fused-ring (bicyclic) bond motifs is 1. The molecule has 5 rings (SSSR count). The first kappa shape index (κ1) is 23.3. The Balaban J connectivity index is 1.15. The van der Waals surface area contributed by atoms with Gasteiger partial charge >= 0.3 is 6.16 Å². The Morgan fingerprint density at radius 3 is 2.97 bits per heavy atom. The summed E-state index contributed by atoms with van der Waals surface area (Å²) >= 11 is 0. The van der Waals surface area contributed by atoms with E-state index in [9.17, 15) is 9.59 Å². The smallest absolute Gasteiger partial charge is 0.430 e. The van der Waals surface area contributed by atoms with Gasteiger partial charge in [-0.2, -0.15) is 0 Å². The molecule has 2 unspecified atom stereocenters. The number of cyclic esters (lactones) is 2. The van der Waals surface area contributed by atoms with E-state index in [1.165, 1.54) is 29.2 Å². The second kappa shape index (κ2) is 10.9. The van der Waals surface area contributed by atoms with Crippen LogP contribution in [0.3, 0.4) is 0 Å². The number of hydrogen-bond acceptors (Lipinski definition) is 6. The third-order valence-electron chi connectivity index (χ3n) is 6.88. The van der Waals surface area contributed by atoms with E-state index in [1.54, 1.807) is 0 Å². The van der Waals surface area contributed by atoms with Gasteiger partial charge in [-0.1, -0.05) is 30.3 Å². The minimum Gasteiger partial charge on any atom is -0.430 e. The summed E-state index contributed by atoms with van der Waals surface area (Å²) in [6.45, 7) is 3.65. The van der Waals surface area contributed by atoms with Crippen LogP contribution in [-0.2, 0) is 22.4 Å². The number of nitrogens with one attached hydrogen (secondary N) is 1. The van der Waals surface area contributed by atoms with Crippen molar-refractivity contribution in [3.05, 3.63) is 77.6 Å². The number of pyridine rings is 1. The second-order valence-electron chi connectivity index (χ2n) is 9.51. The van der Waals surface area contributed by atoms with Gasteiger partial charge in [0.05, 0.1) is 0 Å². The fourth-order valence-corrected chi connectivity index (χ4v) is 5.17. The average Bonchev–Trinajstić information content (AvgIpc) is 3.29. The largest absolute Gasteiger partial charge is 0.508 e. The van der Waals surface area contributed by atoms with Gasteiger partial charge in [-0.15, -0.1) is 0 Å². The molecule has 3 heterocycles. The van der Waals surface area contributed by atoms with Crippen molar-refractivity contribution in [3.8, 4) is 0 Å². The standard InChI is InChI=1S/C28H31N3O4/c32-27(30-12-9-25-19-34-28(33)35-25)23-7-1-4-20(15-23)17-31-13-3-5-21(18-31)14-22-6-2-8-24-16-29-11-10-26(22)24/h1-2,4,6-8,10-11,15-16,21,25H,3,5,9,12-14,17-19H2,(H,30,32). The highest BCUT2D eigenvalue weighted by molar-refractivity contribution is 5.94. The fraction of sp³-hybridized carbons (Fsp3) is 0.393. The maximum absolute atomic E-state index is 12.6. The van der Waals surface area contributed by atoms with E-state index in [4.69, 9.17) is 9.47 Å². The highest BCUT2D eigenvalue weighted by Gasteiger charge is 2.25. The van der Waals surface area contributed by atoms with Crippen molar-refractivity contribution in [2.45, 2.75) is 38.3 Å². The van der Waals surface area contributed by atoms with E-state index in [-0.39, 0.29) is 18.6 Å². The molecule has 0 aliphatic carbocycles. The third-order valence-corrected chi connectivity index (χ3v) is 6.88. The number of benzene rings is 2. The van der Waals surface area contributed by atoms with Crippen molar-refractivity contribution < 1.29 is 19.1 Å². The lowest BCUT2D eigenvalue weighted by Gasteiger charge is -2.33. The second-order valence-corrected chi connectivity index (χ2v) is 9.51. The number of amides is 1. The molecular weight excluding hydrogens is 442 g/mol. The summed E-state index contributed by atoms with van der Waals surface area (Å²) in [6.07, 6.45) is 6.93. The van der Waals surface area contributed by atoms with Crippen LogP contribution in [0.4, 0.5) is 4.79 Å². The van der Waals surface area contributed by atoms with Crippen LogP contribution in [0, 0.1) is 5.92 Å². The topological polar surface area (TPSA) is 80.8 Å². The summed E-state index contributed by atoms with van der Waals surface area (Å²) in [4.78, 5) is 30.4. The van der Waals surface area contributed by atoms with E-state index < -0.39 is 6.16 Å². The molecule has 2 aromatic carbocycles. The predicted octanol–water partition coefficient (Wildman–Crippen LogP) is 4.34. The van der Waals surface area contributed by atoms with Crippen molar-refractivity contribution in [1.29, 1.82) is 0 Å². The number of piperidine rings is 1. The Hall–Kier alpha value is -3.45. The van der Waals surface area contributed by atoms with Gasteiger partial charge in [-0.25, -0.2) is 4.79 Å². The quantitative estimate of drug-likeness (QED) is 0.490. The molecule has 35 heavy (non-hydrogen) atoms. The normalized spacial score (nSPS) is 20.4. The van der Waals surface area contributed by atoms with Crippen LogP contribution in [0.5, 0.6) is 0 Å². The molecule has 7 heteroatoms. The summed E-state index contributed by atoms with van der Waals surface area (Å²) in [5.74, 6) is 0.502. The Morgan fingerprint density at radius 2 is 2.09 bits per heavy atom.